The third kappa shape index (κ3) is 3.35. The van der Waals surface area contributed by atoms with Crippen molar-refractivity contribution in [1.29, 1.82) is 0 Å². The summed E-state index contributed by atoms with van der Waals surface area (Å²) < 4.78 is 15.3. The van der Waals surface area contributed by atoms with Gasteiger partial charge < -0.3 is 9.88 Å². The quantitative estimate of drug-likeness (QED) is 0.746. The van der Waals surface area contributed by atoms with Crippen LogP contribution in [0.15, 0.2) is 47.8 Å². The van der Waals surface area contributed by atoms with Crippen molar-refractivity contribution in [3.8, 4) is 0 Å². The fourth-order valence-electron chi connectivity index (χ4n) is 2.60. The van der Waals surface area contributed by atoms with Crippen molar-refractivity contribution in [2.24, 2.45) is 0 Å². The number of aromatic nitrogens is 1. The van der Waals surface area contributed by atoms with E-state index in [9.17, 15) is 9.18 Å². The molecule has 1 N–H and O–H groups in total. The highest BCUT2D eigenvalue weighted by atomic mass is 32.1. The molecule has 0 bridgehead atoms. The molecule has 0 aliphatic rings. The summed E-state index contributed by atoms with van der Waals surface area (Å²) >= 11 is 1.69. The lowest BCUT2D eigenvalue weighted by molar-refractivity contribution is 0.102. The molecule has 0 unspecified atom stereocenters. The van der Waals surface area contributed by atoms with Gasteiger partial charge in [-0.2, -0.15) is 0 Å². The minimum atomic E-state index is -0.369. The molecule has 5 heteroatoms. The summed E-state index contributed by atoms with van der Waals surface area (Å²) in [7, 11) is 0. The fourth-order valence-corrected chi connectivity index (χ4v) is 3.29. The van der Waals surface area contributed by atoms with E-state index in [-0.39, 0.29) is 11.7 Å². The number of carbonyl (C=O) groups is 1. The minimum Gasteiger partial charge on any atom is -0.343 e. The highest BCUT2D eigenvalue weighted by molar-refractivity contribution is 7.09. The first-order valence-electron chi connectivity index (χ1n) is 7.30. The van der Waals surface area contributed by atoms with Gasteiger partial charge in [0.25, 0.3) is 5.91 Å². The van der Waals surface area contributed by atoms with Gasteiger partial charge in [0.05, 0.1) is 12.1 Å². The Bertz CT molecular complexity index is 837. The van der Waals surface area contributed by atoms with Gasteiger partial charge in [-0.05, 0) is 49.6 Å². The van der Waals surface area contributed by atoms with Crippen LogP contribution >= 0.6 is 11.3 Å². The molecule has 0 aliphatic carbocycles. The largest absolute Gasteiger partial charge is 0.343 e. The number of hydrogen-bond acceptors (Lipinski definition) is 2. The molecule has 0 atom stereocenters. The van der Waals surface area contributed by atoms with Crippen LogP contribution in [0, 0.1) is 19.7 Å². The van der Waals surface area contributed by atoms with Gasteiger partial charge >= 0.3 is 0 Å². The average Bonchev–Trinajstić information content (AvgIpc) is 3.11. The molecule has 3 nitrogen and oxygen atoms in total. The Labute approximate surface area is 138 Å². The van der Waals surface area contributed by atoms with Crippen molar-refractivity contribution in [3.63, 3.8) is 0 Å². The number of hydrogen-bond donors (Lipinski definition) is 1. The van der Waals surface area contributed by atoms with Gasteiger partial charge in [-0.15, -0.1) is 11.3 Å². The van der Waals surface area contributed by atoms with Crippen LogP contribution in [0.4, 0.5) is 10.1 Å². The van der Waals surface area contributed by atoms with E-state index in [4.69, 9.17) is 0 Å². The van der Waals surface area contributed by atoms with Crippen LogP contribution < -0.4 is 5.32 Å². The first-order chi connectivity index (χ1) is 11.0. The molecule has 1 aromatic carbocycles. The van der Waals surface area contributed by atoms with Crippen molar-refractivity contribution in [2.75, 3.05) is 5.32 Å². The first-order valence-corrected chi connectivity index (χ1v) is 8.18. The Kier molecular flexibility index (Phi) is 4.30. The molecule has 1 amide bonds. The highest BCUT2D eigenvalue weighted by Crippen LogP contribution is 2.20. The van der Waals surface area contributed by atoms with Gasteiger partial charge in [0, 0.05) is 22.0 Å². The van der Waals surface area contributed by atoms with E-state index in [0.717, 1.165) is 17.9 Å². The van der Waals surface area contributed by atoms with Gasteiger partial charge in [0.15, 0.2) is 0 Å². The zero-order chi connectivity index (χ0) is 16.4. The number of amides is 1. The predicted octanol–water partition coefficient (Wildman–Crippen LogP) is 4.61. The van der Waals surface area contributed by atoms with Crippen molar-refractivity contribution in [1.82, 2.24) is 4.57 Å². The molecule has 0 saturated heterocycles. The zero-order valence-corrected chi connectivity index (χ0v) is 13.8. The predicted molar refractivity (Wildman–Crippen MR) is 91.7 cm³/mol. The number of nitrogens with zero attached hydrogens (tertiary/aromatic N) is 1. The molecule has 0 saturated carbocycles. The molecule has 0 fully saturated rings. The smallest absolute Gasteiger partial charge is 0.257 e. The normalized spacial score (nSPS) is 10.7. The Morgan fingerprint density at radius 3 is 2.74 bits per heavy atom. The molecule has 0 spiro atoms. The van der Waals surface area contributed by atoms with E-state index in [0.29, 0.717) is 11.3 Å². The van der Waals surface area contributed by atoms with E-state index in [2.05, 4.69) is 16.0 Å². The van der Waals surface area contributed by atoms with Gasteiger partial charge in [-0.3, -0.25) is 4.79 Å². The van der Waals surface area contributed by atoms with Gasteiger partial charge in [0.1, 0.15) is 5.82 Å². The topological polar surface area (TPSA) is 34.0 Å². The second kappa shape index (κ2) is 6.38. The molecule has 118 valence electrons. The number of halogens is 1. The second-order valence-corrected chi connectivity index (χ2v) is 6.45. The third-order valence-corrected chi connectivity index (χ3v) is 4.66. The van der Waals surface area contributed by atoms with E-state index < -0.39 is 0 Å². The highest BCUT2D eigenvalue weighted by Gasteiger charge is 2.16. The maximum absolute atomic E-state index is 13.2. The summed E-state index contributed by atoms with van der Waals surface area (Å²) in [5, 5.41) is 4.79. The SMILES string of the molecule is Cc1cc(C(=O)Nc2cccc(F)c2)c(C)n1Cc1cccs1. The summed E-state index contributed by atoms with van der Waals surface area (Å²) in [6, 6.07) is 11.9. The minimum absolute atomic E-state index is 0.221. The molecule has 2 aromatic heterocycles. The molecule has 2 heterocycles. The van der Waals surface area contributed by atoms with Crippen LogP contribution in [-0.2, 0) is 6.54 Å². The van der Waals surface area contributed by atoms with Crippen LogP contribution in [0.1, 0.15) is 26.6 Å². The van der Waals surface area contributed by atoms with Crippen LogP contribution in [0.3, 0.4) is 0 Å². The average molecular weight is 328 g/mol. The number of benzene rings is 1. The number of nitrogens with one attached hydrogen (secondary N) is 1. The first kappa shape index (κ1) is 15.5. The van der Waals surface area contributed by atoms with Crippen LogP contribution in [0.25, 0.3) is 0 Å². The van der Waals surface area contributed by atoms with Crippen LogP contribution in [-0.4, -0.2) is 10.5 Å². The maximum atomic E-state index is 13.2. The number of thiophene rings is 1. The molecule has 23 heavy (non-hydrogen) atoms. The molecule has 0 aliphatic heterocycles. The van der Waals surface area contributed by atoms with E-state index in [1.165, 1.54) is 17.0 Å². The van der Waals surface area contributed by atoms with Crippen molar-refractivity contribution >= 4 is 22.9 Å². The van der Waals surface area contributed by atoms with E-state index in [1.54, 1.807) is 23.5 Å². The Morgan fingerprint density at radius 1 is 1.22 bits per heavy atom. The molecule has 3 aromatic rings. The summed E-state index contributed by atoms with van der Waals surface area (Å²) in [6.07, 6.45) is 0. The molecule has 3 rings (SSSR count). The van der Waals surface area contributed by atoms with Gasteiger partial charge in [-0.1, -0.05) is 12.1 Å². The number of anilines is 1. The standard InChI is InChI=1S/C18H17FN2OS/c1-12-9-17(13(2)21(12)11-16-7-4-8-23-16)18(22)20-15-6-3-5-14(19)10-15/h3-10H,11H2,1-2H3,(H,20,22). The number of aryl methyl sites for hydroxylation is 1. The van der Waals surface area contributed by atoms with Gasteiger partial charge in [-0.25, -0.2) is 4.39 Å². The van der Waals surface area contributed by atoms with Crippen molar-refractivity contribution in [3.05, 3.63) is 75.5 Å². The van der Waals surface area contributed by atoms with Crippen molar-refractivity contribution in [2.45, 2.75) is 20.4 Å². The second-order valence-electron chi connectivity index (χ2n) is 5.41. The monoisotopic (exact) mass is 328 g/mol. The third-order valence-electron chi connectivity index (χ3n) is 3.79. The number of rotatable bonds is 4. The summed E-state index contributed by atoms with van der Waals surface area (Å²) in [4.78, 5) is 13.7. The summed E-state index contributed by atoms with van der Waals surface area (Å²) in [5.74, 6) is -0.591. The van der Waals surface area contributed by atoms with Crippen LogP contribution in [0.2, 0.25) is 0 Å². The zero-order valence-electron chi connectivity index (χ0n) is 13.0. The summed E-state index contributed by atoms with van der Waals surface area (Å²) in [5.41, 5.74) is 3.01. The lowest BCUT2D eigenvalue weighted by atomic mass is 10.2. The Morgan fingerprint density at radius 2 is 2.04 bits per heavy atom. The fraction of sp³-hybridized carbons (Fsp3) is 0.167. The Balaban J connectivity index is 1.84. The maximum Gasteiger partial charge on any atom is 0.257 e. The van der Waals surface area contributed by atoms with Gasteiger partial charge in [0.2, 0.25) is 0 Å². The lowest BCUT2D eigenvalue weighted by Crippen LogP contribution is -2.13. The molecular weight excluding hydrogens is 311 g/mol. The Hall–Kier alpha value is -2.40. The van der Waals surface area contributed by atoms with Crippen LogP contribution in [0.5, 0.6) is 0 Å². The summed E-state index contributed by atoms with van der Waals surface area (Å²) in [6.45, 7) is 4.67. The molecular formula is C18H17FN2OS. The van der Waals surface area contributed by atoms with Crippen molar-refractivity contribution < 1.29 is 9.18 Å². The lowest BCUT2D eigenvalue weighted by Gasteiger charge is -2.09. The molecule has 0 radical (unpaired) electrons. The number of carbonyl (C=O) groups excluding carboxylic acids is 1. The van der Waals surface area contributed by atoms with E-state index >= 15 is 0 Å². The van der Waals surface area contributed by atoms with E-state index in [1.807, 2.05) is 31.4 Å².